The molecule has 96 heavy (non-hydrogen) atoms. The van der Waals surface area contributed by atoms with Crippen LogP contribution >= 0.6 is 0 Å². The summed E-state index contributed by atoms with van der Waals surface area (Å²) < 4.78 is 322. The zero-order valence-electron chi connectivity index (χ0n) is 51.6. The van der Waals surface area contributed by atoms with Crippen LogP contribution in [0.25, 0.3) is 22.3 Å². The SMILES string of the molecule is CCCCC(CCC)Oc1cc(COC(=O)c2ccc(OC(F)=C(F)F)cc2)cc(Oc2c(F)c(F)c(-c3c(F)c(F)c(Oc4ccc(C(C)(C)c5ccc(Oc6c(F)c(F)c(-c7c(F)c(F)c(C(C)(CC)CCC)c(F)c7F)c(F)c6F)cc5)cc4)c(F)c3F)c(F)c2F)c1. The maximum absolute atomic E-state index is 16.1. The number of esters is 1. The Morgan fingerprint density at radius 3 is 1.19 bits per heavy atom. The number of hydrogen-bond donors (Lipinski definition) is 0. The van der Waals surface area contributed by atoms with Gasteiger partial charge >= 0.3 is 18.1 Å². The Labute approximate surface area is 536 Å². The zero-order chi connectivity index (χ0) is 70.6. The Balaban J connectivity index is 1.01. The maximum atomic E-state index is 16.1. The summed E-state index contributed by atoms with van der Waals surface area (Å²) >= 11 is 0. The topological polar surface area (TPSA) is 72.5 Å². The Morgan fingerprint density at radius 1 is 0.427 bits per heavy atom. The molecule has 2 unspecified atom stereocenters. The van der Waals surface area contributed by atoms with Crippen LogP contribution < -0.4 is 23.7 Å². The molecule has 0 heterocycles. The van der Waals surface area contributed by atoms with Crippen LogP contribution in [0.5, 0.6) is 46.0 Å². The van der Waals surface area contributed by atoms with Crippen molar-refractivity contribution in [3.05, 3.63) is 224 Å². The van der Waals surface area contributed by atoms with Gasteiger partial charge in [-0.3, -0.25) is 0 Å². The first-order valence-electron chi connectivity index (χ1n) is 29.5. The first kappa shape index (κ1) is 72.5. The summed E-state index contributed by atoms with van der Waals surface area (Å²) in [5.41, 5.74) is -11.9. The molecule has 0 saturated heterocycles. The van der Waals surface area contributed by atoms with E-state index in [2.05, 4.69) is 4.74 Å². The van der Waals surface area contributed by atoms with Crippen molar-refractivity contribution in [2.45, 2.75) is 123 Å². The molecule has 7 nitrogen and oxygen atoms in total. The lowest BCUT2D eigenvalue weighted by molar-refractivity contribution is 0.0471. The minimum Gasteiger partial charge on any atom is -0.490 e. The molecule has 0 fully saturated rings. The smallest absolute Gasteiger partial charge is 0.344 e. The number of halogens is 19. The van der Waals surface area contributed by atoms with E-state index >= 15 is 70.2 Å². The highest BCUT2D eigenvalue weighted by molar-refractivity contribution is 5.89. The third kappa shape index (κ3) is 14.6. The van der Waals surface area contributed by atoms with E-state index in [0.29, 0.717) is 43.2 Å². The Morgan fingerprint density at radius 2 is 0.812 bits per heavy atom. The monoisotopic (exact) mass is 1370 g/mol. The lowest BCUT2D eigenvalue weighted by Crippen LogP contribution is -2.26. The normalized spacial score (nSPS) is 12.5. The number of unbranched alkanes of at least 4 members (excludes halogenated alkanes) is 1. The number of hydrogen-bond acceptors (Lipinski definition) is 7. The Hall–Kier alpha value is -9.36. The Kier molecular flexibility index (Phi) is 22.4. The van der Waals surface area contributed by atoms with Gasteiger partial charge in [-0.05, 0) is 108 Å². The van der Waals surface area contributed by atoms with Gasteiger partial charge in [0, 0.05) is 17.0 Å². The second kappa shape index (κ2) is 29.7. The van der Waals surface area contributed by atoms with E-state index in [1.54, 1.807) is 20.8 Å². The Bertz CT molecular complexity index is 4150. The van der Waals surface area contributed by atoms with Crippen LogP contribution in [0.3, 0.4) is 0 Å². The minimum atomic E-state index is -2.74. The van der Waals surface area contributed by atoms with Gasteiger partial charge in [-0.15, -0.1) is 0 Å². The summed E-state index contributed by atoms with van der Waals surface area (Å²) in [6, 6.07) is 14.5. The van der Waals surface area contributed by atoms with E-state index in [-0.39, 0.29) is 29.7 Å². The second-order valence-electron chi connectivity index (χ2n) is 22.8. The van der Waals surface area contributed by atoms with E-state index in [1.165, 1.54) is 44.2 Å². The predicted octanol–water partition coefficient (Wildman–Crippen LogP) is 22.9. The van der Waals surface area contributed by atoms with Crippen molar-refractivity contribution in [3.8, 4) is 68.2 Å². The summed E-state index contributed by atoms with van der Waals surface area (Å²) in [5, 5.41) is 0. The standard InChI is InChI=1S/C70H55F19O7/c1-8-12-14-36(13-9-2)92-40-28-32(31-91-68(90)33-15-21-39(22-16-33)96-67(89)66(87)88)29-41(30-40)95-65-61(85)53(77)45(54(78)62(65)86)44-51(75)59(83)64(60(84)52(44)76)94-38-25-19-35(20-26-38)69(5,6)34-17-23-37(24-18-34)93-63-57(81)49(73)43(50(74)58(63)82)42-47(71)55(79)46(56(80)48(42)72)70(7,11-4)27-10-3/h15-26,28-30,36H,8-14,27,31H2,1-7H3. The quantitative estimate of drug-likeness (QED) is 0.0231. The number of carbonyl (C=O) groups excluding carboxylic acids is 1. The van der Waals surface area contributed by atoms with Crippen molar-refractivity contribution in [2.75, 3.05) is 0 Å². The van der Waals surface area contributed by atoms with E-state index in [9.17, 15) is 18.0 Å². The molecule has 0 aliphatic heterocycles. The van der Waals surface area contributed by atoms with Gasteiger partial charge in [0.1, 0.15) is 35.4 Å². The first-order valence-corrected chi connectivity index (χ1v) is 29.5. The van der Waals surface area contributed by atoms with Gasteiger partial charge in [-0.25, -0.2) is 48.7 Å². The van der Waals surface area contributed by atoms with Gasteiger partial charge in [-0.1, -0.05) is 98.4 Å². The molecule has 2 atom stereocenters. The third-order valence-electron chi connectivity index (χ3n) is 16.0. The van der Waals surface area contributed by atoms with Crippen molar-refractivity contribution >= 4 is 5.97 Å². The van der Waals surface area contributed by atoms with E-state index in [4.69, 9.17) is 23.7 Å². The molecule has 0 spiro atoms. The predicted molar refractivity (Wildman–Crippen MR) is 313 cm³/mol. The maximum Gasteiger partial charge on any atom is 0.344 e. The minimum absolute atomic E-state index is 0.0286. The molecular weight excluding hydrogens is 1310 g/mol. The third-order valence-corrected chi connectivity index (χ3v) is 16.0. The fourth-order valence-corrected chi connectivity index (χ4v) is 10.7. The average molecular weight is 1370 g/mol. The van der Waals surface area contributed by atoms with Crippen LogP contribution in [0, 0.1) is 93.1 Å². The van der Waals surface area contributed by atoms with Gasteiger partial charge in [0.2, 0.25) is 52.2 Å². The molecule has 0 radical (unpaired) electrons. The molecule has 26 heteroatoms. The van der Waals surface area contributed by atoms with Crippen molar-refractivity contribution < 1.29 is 117 Å². The first-order chi connectivity index (χ1) is 45.3. The van der Waals surface area contributed by atoms with Crippen LogP contribution in [-0.4, -0.2) is 12.1 Å². The molecular formula is C70H55F19O7. The average Bonchev–Trinajstić information content (AvgIpc) is 0.748. The molecule has 0 aliphatic carbocycles. The van der Waals surface area contributed by atoms with E-state index in [0.717, 1.165) is 67.1 Å². The highest BCUT2D eigenvalue weighted by Gasteiger charge is 2.41. The number of benzene rings is 8. The van der Waals surface area contributed by atoms with E-state index < -0.39 is 203 Å². The zero-order valence-corrected chi connectivity index (χ0v) is 51.6. The lowest BCUT2D eigenvalue weighted by atomic mass is 9.75. The molecule has 510 valence electrons. The van der Waals surface area contributed by atoms with Crippen LogP contribution in [0.15, 0.2) is 103 Å². The van der Waals surface area contributed by atoms with Gasteiger partial charge < -0.3 is 28.4 Å². The van der Waals surface area contributed by atoms with Crippen molar-refractivity contribution in [1.29, 1.82) is 0 Å². The second-order valence-corrected chi connectivity index (χ2v) is 22.8. The lowest BCUT2D eigenvalue weighted by Gasteiger charge is -2.30. The van der Waals surface area contributed by atoms with Gasteiger partial charge in [0.05, 0.1) is 33.9 Å². The molecule has 0 amide bonds. The van der Waals surface area contributed by atoms with Crippen LogP contribution in [0.4, 0.5) is 83.4 Å². The number of carbonyl (C=O) groups is 1. The highest BCUT2D eigenvalue weighted by Crippen LogP contribution is 2.48. The van der Waals surface area contributed by atoms with Gasteiger partial charge in [0.25, 0.3) is 0 Å². The van der Waals surface area contributed by atoms with Crippen molar-refractivity contribution in [2.24, 2.45) is 0 Å². The van der Waals surface area contributed by atoms with Crippen molar-refractivity contribution in [3.63, 3.8) is 0 Å². The highest BCUT2D eigenvalue weighted by atomic mass is 19.3. The van der Waals surface area contributed by atoms with Crippen molar-refractivity contribution in [1.82, 2.24) is 0 Å². The summed E-state index contributed by atoms with van der Waals surface area (Å²) in [6.07, 6.45) is 0.164. The fourth-order valence-electron chi connectivity index (χ4n) is 10.7. The van der Waals surface area contributed by atoms with Crippen LogP contribution in [0.2, 0.25) is 0 Å². The molecule has 8 rings (SSSR count). The molecule has 0 N–H and O–H groups in total. The summed E-state index contributed by atoms with van der Waals surface area (Å²) in [4.78, 5) is 13.0. The largest absolute Gasteiger partial charge is 0.490 e. The van der Waals surface area contributed by atoms with Gasteiger partial charge in [0.15, 0.2) is 58.2 Å². The molecule has 0 bridgehead atoms. The molecule has 0 saturated carbocycles. The molecule has 0 aliphatic rings. The number of ether oxygens (including phenoxy) is 6. The molecule has 8 aromatic carbocycles. The summed E-state index contributed by atoms with van der Waals surface area (Å²) in [6.45, 7) is 10.7. The van der Waals surface area contributed by atoms with Crippen LogP contribution in [0.1, 0.15) is 132 Å². The fraction of sp³-hybridized carbons (Fsp3) is 0.271. The summed E-state index contributed by atoms with van der Waals surface area (Å²) in [7, 11) is 0. The summed E-state index contributed by atoms with van der Waals surface area (Å²) in [5.74, 6) is -47.1. The molecule has 8 aromatic rings. The number of rotatable bonds is 26. The van der Waals surface area contributed by atoms with E-state index in [1.807, 2.05) is 13.8 Å². The van der Waals surface area contributed by atoms with Gasteiger partial charge in [-0.2, -0.15) is 39.5 Å². The molecule has 0 aromatic heterocycles. The van der Waals surface area contributed by atoms with Crippen LogP contribution in [-0.2, 0) is 22.2 Å².